The summed E-state index contributed by atoms with van der Waals surface area (Å²) in [5.74, 6) is 1.50. The van der Waals surface area contributed by atoms with Crippen LogP contribution in [0.1, 0.15) is 56.6 Å². The van der Waals surface area contributed by atoms with Crippen LogP contribution in [-0.4, -0.2) is 35.0 Å². The molecule has 8 heteroatoms. The quantitative estimate of drug-likeness (QED) is 0.279. The van der Waals surface area contributed by atoms with E-state index in [9.17, 15) is 4.79 Å². The first-order chi connectivity index (χ1) is 18.8. The molecule has 0 saturated carbocycles. The molecule has 0 aliphatic rings. The molecule has 0 radical (unpaired) electrons. The maximum Gasteiger partial charge on any atom is 0.346 e. The van der Waals surface area contributed by atoms with E-state index in [4.69, 9.17) is 5.10 Å². The number of tetrazole rings is 1. The number of rotatable bonds is 9. The smallest absolute Gasteiger partial charge is 0.279 e. The zero-order chi connectivity index (χ0) is 27.4. The topological polar surface area (TPSA) is 94.3 Å². The van der Waals surface area contributed by atoms with Crippen LogP contribution in [0.5, 0.6) is 0 Å². The third-order valence-electron chi connectivity index (χ3n) is 7.08. The molecule has 2 aromatic heterocycles. The molecule has 0 atom stereocenters. The van der Waals surface area contributed by atoms with Crippen molar-refractivity contribution in [3.8, 4) is 22.5 Å². The molecule has 2 heterocycles. The molecule has 0 aliphatic heterocycles. The zero-order valence-electron chi connectivity index (χ0n) is 23.1. The number of aromatic amines is 1. The first-order valence-electron chi connectivity index (χ1n) is 13.5. The minimum absolute atomic E-state index is 0.0452. The third kappa shape index (κ3) is 6.06. The Morgan fingerprint density at radius 2 is 1.56 bits per heavy atom. The number of aromatic nitrogens is 7. The van der Waals surface area contributed by atoms with E-state index in [-0.39, 0.29) is 11.1 Å². The lowest BCUT2D eigenvalue weighted by Crippen LogP contribution is -2.25. The van der Waals surface area contributed by atoms with Crippen LogP contribution in [0.2, 0.25) is 0 Å². The highest BCUT2D eigenvalue weighted by atomic mass is 16.2. The fraction of sp³-hybridized carbons (Fsp3) is 0.323. The standard InChI is InChI=1S/C31H35N7O/c1-5-37-28(34-38(30(37)39)21-23-15-17-27(18-16-23)31(2,3)4)14-7-10-22-9-6-11-24(19-22)25-12-8-13-26(20-25)29-32-35-36-33-29/h6,8-9,11-13,15-20H,5,7,10,14,21H2,1-4H3,(H,32,33,35,36). The predicted molar refractivity (Wildman–Crippen MR) is 153 cm³/mol. The van der Waals surface area contributed by atoms with Crippen molar-refractivity contribution in [3.05, 3.63) is 106 Å². The maximum atomic E-state index is 13.0. The molecule has 0 bridgehead atoms. The van der Waals surface area contributed by atoms with Crippen LogP contribution < -0.4 is 5.69 Å². The Bertz CT molecular complexity index is 1590. The van der Waals surface area contributed by atoms with Gasteiger partial charge in [0.25, 0.3) is 0 Å². The molecule has 5 aromatic rings. The fourth-order valence-electron chi connectivity index (χ4n) is 4.86. The van der Waals surface area contributed by atoms with Crippen molar-refractivity contribution in [3.63, 3.8) is 0 Å². The molecule has 0 amide bonds. The van der Waals surface area contributed by atoms with Gasteiger partial charge in [0.2, 0.25) is 0 Å². The van der Waals surface area contributed by atoms with Crippen molar-refractivity contribution >= 4 is 0 Å². The van der Waals surface area contributed by atoms with Gasteiger partial charge in [0.1, 0.15) is 5.82 Å². The Morgan fingerprint density at radius 3 is 2.26 bits per heavy atom. The molecule has 0 unspecified atom stereocenters. The largest absolute Gasteiger partial charge is 0.346 e. The lowest BCUT2D eigenvalue weighted by Gasteiger charge is -2.19. The molecule has 0 spiro atoms. The second-order valence-corrected chi connectivity index (χ2v) is 10.9. The average molecular weight is 522 g/mol. The number of H-pyrrole nitrogens is 1. The van der Waals surface area contributed by atoms with Crippen LogP contribution in [0, 0.1) is 0 Å². The van der Waals surface area contributed by atoms with E-state index in [1.807, 2.05) is 19.1 Å². The monoisotopic (exact) mass is 521 g/mol. The molecule has 3 aromatic carbocycles. The van der Waals surface area contributed by atoms with Crippen molar-refractivity contribution in [2.75, 3.05) is 0 Å². The maximum absolute atomic E-state index is 13.0. The Kier molecular flexibility index (Phi) is 7.54. The van der Waals surface area contributed by atoms with Crippen LogP contribution in [0.25, 0.3) is 22.5 Å². The SMILES string of the molecule is CCn1c(CCCc2cccc(-c3cccc(-c4nnn[nH]4)c3)c2)nn(Cc2ccc(C(C)(C)C)cc2)c1=O. The van der Waals surface area contributed by atoms with Crippen LogP contribution in [0.15, 0.2) is 77.6 Å². The highest BCUT2D eigenvalue weighted by Gasteiger charge is 2.15. The summed E-state index contributed by atoms with van der Waals surface area (Å²) in [5, 5.41) is 18.9. The van der Waals surface area contributed by atoms with Gasteiger partial charge in [0.05, 0.1) is 6.54 Å². The number of hydrogen-bond acceptors (Lipinski definition) is 5. The van der Waals surface area contributed by atoms with Crippen molar-refractivity contribution in [2.24, 2.45) is 0 Å². The van der Waals surface area contributed by atoms with Gasteiger partial charge in [-0.15, -0.1) is 5.10 Å². The van der Waals surface area contributed by atoms with E-state index in [1.54, 1.807) is 9.25 Å². The van der Waals surface area contributed by atoms with Crippen molar-refractivity contribution in [2.45, 2.75) is 65.5 Å². The summed E-state index contributed by atoms with van der Waals surface area (Å²) in [6, 6.07) is 25.3. The number of hydrogen-bond donors (Lipinski definition) is 1. The summed E-state index contributed by atoms with van der Waals surface area (Å²) in [6.07, 6.45) is 2.56. The van der Waals surface area contributed by atoms with Crippen molar-refractivity contribution < 1.29 is 0 Å². The second-order valence-electron chi connectivity index (χ2n) is 10.9. The number of nitrogens with zero attached hydrogens (tertiary/aromatic N) is 6. The predicted octanol–water partition coefficient (Wildman–Crippen LogP) is 5.43. The van der Waals surface area contributed by atoms with E-state index in [1.165, 1.54) is 11.1 Å². The molecule has 8 nitrogen and oxygen atoms in total. The van der Waals surface area contributed by atoms with Gasteiger partial charge >= 0.3 is 5.69 Å². The van der Waals surface area contributed by atoms with Gasteiger partial charge in [-0.2, -0.15) is 5.10 Å². The van der Waals surface area contributed by atoms with E-state index in [0.29, 0.717) is 18.9 Å². The molecule has 0 saturated heterocycles. The number of aryl methyl sites for hydroxylation is 2. The fourth-order valence-corrected chi connectivity index (χ4v) is 4.86. The third-order valence-corrected chi connectivity index (χ3v) is 7.08. The van der Waals surface area contributed by atoms with Crippen LogP contribution >= 0.6 is 0 Å². The highest BCUT2D eigenvalue weighted by Crippen LogP contribution is 2.26. The van der Waals surface area contributed by atoms with Crippen molar-refractivity contribution in [1.82, 2.24) is 35.0 Å². The lowest BCUT2D eigenvalue weighted by atomic mass is 9.87. The Hall–Kier alpha value is -4.33. The van der Waals surface area contributed by atoms with Gasteiger partial charge in [0.15, 0.2) is 5.82 Å². The summed E-state index contributed by atoms with van der Waals surface area (Å²) in [6.45, 7) is 9.70. The van der Waals surface area contributed by atoms with Gasteiger partial charge in [0, 0.05) is 18.5 Å². The van der Waals surface area contributed by atoms with Crippen LogP contribution in [0.4, 0.5) is 0 Å². The minimum atomic E-state index is -0.0452. The second kappa shape index (κ2) is 11.2. The average Bonchev–Trinajstić information content (AvgIpc) is 3.57. The molecular weight excluding hydrogens is 486 g/mol. The van der Waals surface area contributed by atoms with E-state index in [2.05, 4.69) is 102 Å². The molecule has 39 heavy (non-hydrogen) atoms. The molecule has 5 rings (SSSR count). The molecular formula is C31H35N7O. The molecule has 0 aliphatic carbocycles. The normalized spacial score (nSPS) is 11.7. The molecule has 1 N–H and O–H groups in total. The zero-order valence-corrected chi connectivity index (χ0v) is 23.1. The Labute approximate surface area is 228 Å². The highest BCUT2D eigenvalue weighted by molar-refractivity contribution is 5.70. The Morgan fingerprint density at radius 1 is 0.846 bits per heavy atom. The first-order valence-corrected chi connectivity index (χ1v) is 13.5. The summed E-state index contributed by atoms with van der Waals surface area (Å²) in [4.78, 5) is 13.0. The van der Waals surface area contributed by atoms with Crippen LogP contribution in [-0.2, 0) is 31.3 Å². The van der Waals surface area contributed by atoms with Gasteiger partial charge in [-0.1, -0.05) is 87.5 Å². The summed E-state index contributed by atoms with van der Waals surface area (Å²) in [5.41, 5.74) is 6.88. The summed E-state index contributed by atoms with van der Waals surface area (Å²) < 4.78 is 3.40. The van der Waals surface area contributed by atoms with E-state index >= 15 is 0 Å². The van der Waals surface area contributed by atoms with E-state index in [0.717, 1.165) is 47.3 Å². The molecule has 200 valence electrons. The minimum Gasteiger partial charge on any atom is -0.279 e. The summed E-state index contributed by atoms with van der Waals surface area (Å²) >= 11 is 0. The summed E-state index contributed by atoms with van der Waals surface area (Å²) in [7, 11) is 0. The van der Waals surface area contributed by atoms with Crippen molar-refractivity contribution in [1.29, 1.82) is 0 Å². The first kappa shape index (κ1) is 26.3. The van der Waals surface area contributed by atoms with Gasteiger partial charge in [-0.3, -0.25) is 4.57 Å². The van der Waals surface area contributed by atoms with Crippen LogP contribution in [0.3, 0.4) is 0 Å². The van der Waals surface area contributed by atoms with Gasteiger partial charge in [-0.25, -0.2) is 14.6 Å². The Balaban J connectivity index is 1.26. The number of nitrogens with one attached hydrogen (secondary N) is 1. The van der Waals surface area contributed by atoms with Gasteiger partial charge in [-0.05, 0) is 69.5 Å². The molecule has 0 fully saturated rings. The van der Waals surface area contributed by atoms with Gasteiger partial charge < -0.3 is 0 Å². The lowest BCUT2D eigenvalue weighted by molar-refractivity contribution is 0.588. The van der Waals surface area contributed by atoms with E-state index < -0.39 is 0 Å². The number of benzene rings is 3.